The fourth-order valence-electron chi connectivity index (χ4n) is 1.69. The van der Waals surface area contributed by atoms with Gasteiger partial charge in [0.1, 0.15) is 11.5 Å². The molecule has 0 atom stereocenters. The maximum atomic E-state index is 11.9. The standard InChI is InChI=1S/C11H17NO2/c1-7-6-11(2,3)10(14)8(9(7)13)12(4)5/h6,13H,1-5H3. The van der Waals surface area contributed by atoms with Crippen molar-refractivity contribution >= 4 is 5.78 Å². The first-order chi connectivity index (χ1) is 6.27. The second kappa shape index (κ2) is 3.15. The van der Waals surface area contributed by atoms with Crippen LogP contribution in [-0.2, 0) is 4.79 Å². The van der Waals surface area contributed by atoms with E-state index in [1.165, 1.54) is 0 Å². The van der Waals surface area contributed by atoms with Crippen molar-refractivity contribution in [1.29, 1.82) is 0 Å². The summed E-state index contributed by atoms with van der Waals surface area (Å²) in [6, 6.07) is 0. The molecule has 0 amide bonds. The van der Waals surface area contributed by atoms with Gasteiger partial charge in [0.05, 0.1) is 0 Å². The number of carbonyl (C=O) groups is 1. The van der Waals surface area contributed by atoms with E-state index in [0.29, 0.717) is 5.70 Å². The summed E-state index contributed by atoms with van der Waals surface area (Å²) in [6.45, 7) is 5.52. The first-order valence-corrected chi connectivity index (χ1v) is 4.62. The number of allylic oxidation sites excluding steroid dienone is 3. The number of aliphatic hydroxyl groups excluding tert-OH is 1. The second-order valence-corrected chi connectivity index (χ2v) is 4.47. The Kier molecular flexibility index (Phi) is 2.44. The lowest BCUT2D eigenvalue weighted by Gasteiger charge is -2.30. The highest BCUT2D eigenvalue weighted by Crippen LogP contribution is 2.33. The van der Waals surface area contributed by atoms with E-state index in [-0.39, 0.29) is 11.5 Å². The van der Waals surface area contributed by atoms with Crippen LogP contribution in [0.15, 0.2) is 23.1 Å². The van der Waals surface area contributed by atoms with Crippen LogP contribution in [0.3, 0.4) is 0 Å². The molecule has 0 aromatic heterocycles. The normalized spacial score (nSPS) is 20.9. The number of ketones is 1. The molecule has 1 aliphatic carbocycles. The maximum Gasteiger partial charge on any atom is 0.192 e. The SMILES string of the molecule is CC1=CC(C)(C)C(=O)C(N(C)C)=C1O. The van der Waals surface area contributed by atoms with Crippen molar-refractivity contribution in [1.82, 2.24) is 4.90 Å². The van der Waals surface area contributed by atoms with Crippen LogP contribution in [0, 0.1) is 5.41 Å². The number of hydrogen-bond donors (Lipinski definition) is 1. The highest BCUT2D eigenvalue weighted by molar-refractivity contribution is 6.02. The molecule has 0 aromatic rings. The molecule has 3 heteroatoms. The van der Waals surface area contributed by atoms with Gasteiger partial charge in [-0.05, 0) is 26.3 Å². The van der Waals surface area contributed by atoms with E-state index in [4.69, 9.17) is 0 Å². The van der Waals surface area contributed by atoms with E-state index in [1.54, 1.807) is 25.1 Å². The Bertz CT molecular complexity index is 335. The molecule has 0 bridgehead atoms. The molecule has 0 heterocycles. The molecule has 0 saturated heterocycles. The smallest absolute Gasteiger partial charge is 0.192 e. The molecule has 0 unspecified atom stereocenters. The second-order valence-electron chi connectivity index (χ2n) is 4.47. The van der Waals surface area contributed by atoms with Crippen molar-refractivity contribution in [3.8, 4) is 0 Å². The molecule has 78 valence electrons. The van der Waals surface area contributed by atoms with E-state index >= 15 is 0 Å². The van der Waals surface area contributed by atoms with Crippen LogP contribution < -0.4 is 0 Å². The molecule has 0 fully saturated rings. The monoisotopic (exact) mass is 195 g/mol. The van der Waals surface area contributed by atoms with Crippen molar-refractivity contribution in [2.24, 2.45) is 5.41 Å². The van der Waals surface area contributed by atoms with E-state index in [0.717, 1.165) is 5.57 Å². The minimum absolute atomic E-state index is 0.0365. The van der Waals surface area contributed by atoms with Gasteiger partial charge >= 0.3 is 0 Å². The van der Waals surface area contributed by atoms with Crippen LogP contribution >= 0.6 is 0 Å². The summed E-state index contributed by atoms with van der Waals surface area (Å²) < 4.78 is 0. The summed E-state index contributed by atoms with van der Waals surface area (Å²) in [5, 5.41) is 9.76. The predicted octanol–water partition coefficient (Wildman–Crippen LogP) is 1.87. The summed E-state index contributed by atoms with van der Waals surface area (Å²) in [5.41, 5.74) is 0.643. The number of carbonyl (C=O) groups excluding carboxylic acids is 1. The van der Waals surface area contributed by atoms with Gasteiger partial charge in [-0.25, -0.2) is 0 Å². The topological polar surface area (TPSA) is 40.5 Å². The third-order valence-electron chi connectivity index (χ3n) is 2.42. The van der Waals surface area contributed by atoms with Crippen molar-refractivity contribution < 1.29 is 9.90 Å². The molecule has 0 radical (unpaired) electrons. The van der Waals surface area contributed by atoms with E-state index in [2.05, 4.69) is 0 Å². The lowest BCUT2D eigenvalue weighted by molar-refractivity contribution is -0.123. The third kappa shape index (κ3) is 1.54. The lowest BCUT2D eigenvalue weighted by atomic mass is 9.80. The van der Waals surface area contributed by atoms with E-state index in [9.17, 15) is 9.90 Å². The summed E-state index contributed by atoms with van der Waals surface area (Å²) in [5.74, 6) is 0.0601. The summed E-state index contributed by atoms with van der Waals surface area (Å²) in [6.07, 6.45) is 1.80. The molecule has 1 N–H and O–H groups in total. The van der Waals surface area contributed by atoms with Crippen LogP contribution in [0.4, 0.5) is 0 Å². The fraction of sp³-hybridized carbons (Fsp3) is 0.545. The number of Topliss-reactive ketones (excluding diaryl/α,β-unsaturated/α-hetero) is 1. The summed E-state index contributed by atoms with van der Waals surface area (Å²) >= 11 is 0. The first-order valence-electron chi connectivity index (χ1n) is 4.62. The quantitative estimate of drug-likeness (QED) is 0.694. The van der Waals surface area contributed by atoms with E-state index in [1.807, 2.05) is 20.8 Å². The van der Waals surface area contributed by atoms with Gasteiger partial charge in [0.25, 0.3) is 0 Å². The van der Waals surface area contributed by atoms with Gasteiger partial charge in [0.15, 0.2) is 5.78 Å². The van der Waals surface area contributed by atoms with Crippen LogP contribution in [-0.4, -0.2) is 29.9 Å². The van der Waals surface area contributed by atoms with Crippen LogP contribution in [0.5, 0.6) is 0 Å². The zero-order valence-corrected chi connectivity index (χ0v) is 9.38. The molecule has 1 aliphatic rings. The van der Waals surface area contributed by atoms with Crippen LogP contribution in [0.25, 0.3) is 0 Å². The molecule has 0 aromatic carbocycles. The number of hydrogen-bond acceptors (Lipinski definition) is 3. The Labute approximate surface area is 84.7 Å². The summed E-state index contributed by atoms with van der Waals surface area (Å²) in [4.78, 5) is 13.6. The largest absolute Gasteiger partial charge is 0.505 e. The summed E-state index contributed by atoms with van der Waals surface area (Å²) in [7, 11) is 3.52. The first kappa shape index (κ1) is 10.8. The third-order valence-corrected chi connectivity index (χ3v) is 2.42. The number of likely N-dealkylation sites (N-methyl/N-ethyl adjacent to an activating group) is 1. The molecule has 0 saturated carbocycles. The predicted molar refractivity (Wildman–Crippen MR) is 55.9 cm³/mol. The van der Waals surface area contributed by atoms with Gasteiger partial charge in [-0.2, -0.15) is 0 Å². The van der Waals surface area contributed by atoms with Crippen LogP contribution in [0.1, 0.15) is 20.8 Å². The molecule has 0 aliphatic heterocycles. The van der Waals surface area contributed by atoms with Gasteiger partial charge in [-0.1, -0.05) is 6.08 Å². The minimum Gasteiger partial charge on any atom is -0.505 e. The van der Waals surface area contributed by atoms with E-state index < -0.39 is 5.41 Å². The Balaban J connectivity index is 3.31. The van der Waals surface area contributed by atoms with Gasteiger partial charge in [-0.3, -0.25) is 4.79 Å². The van der Waals surface area contributed by atoms with Crippen molar-refractivity contribution in [2.45, 2.75) is 20.8 Å². The maximum absolute atomic E-state index is 11.9. The molecule has 3 nitrogen and oxygen atoms in total. The van der Waals surface area contributed by atoms with Crippen molar-refractivity contribution in [2.75, 3.05) is 14.1 Å². The zero-order valence-electron chi connectivity index (χ0n) is 9.38. The number of rotatable bonds is 1. The fourth-order valence-corrected chi connectivity index (χ4v) is 1.69. The van der Waals surface area contributed by atoms with Gasteiger partial charge in [0.2, 0.25) is 0 Å². The van der Waals surface area contributed by atoms with Gasteiger partial charge < -0.3 is 10.0 Å². The number of nitrogens with zero attached hydrogens (tertiary/aromatic N) is 1. The van der Waals surface area contributed by atoms with Crippen molar-refractivity contribution in [3.05, 3.63) is 23.1 Å². The molecular formula is C11H17NO2. The van der Waals surface area contributed by atoms with Crippen LogP contribution in [0.2, 0.25) is 0 Å². The Hall–Kier alpha value is -1.25. The molecule has 0 spiro atoms. The number of aliphatic hydroxyl groups is 1. The molecular weight excluding hydrogens is 178 g/mol. The Morgan fingerprint density at radius 1 is 1.36 bits per heavy atom. The average Bonchev–Trinajstić information content (AvgIpc) is 2.00. The lowest BCUT2D eigenvalue weighted by Crippen LogP contribution is -2.34. The molecule has 14 heavy (non-hydrogen) atoms. The Morgan fingerprint density at radius 2 is 1.86 bits per heavy atom. The minimum atomic E-state index is -0.518. The molecule has 1 rings (SSSR count). The van der Waals surface area contributed by atoms with Crippen molar-refractivity contribution in [3.63, 3.8) is 0 Å². The highest BCUT2D eigenvalue weighted by atomic mass is 16.3. The van der Waals surface area contributed by atoms with Gasteiger partial charge in [0, 0.05) is 19.5 Å². The Morgan fingerprint density at radius 3 is 2.29 bits per heavy atom. The highest BCUT2D eigenvalue weighted by Gasteiger charge is 2.35. The zero-order chi connectivity index (χ0) is 11.1. The average molecular weight is 195 g/mol. The van der Waals surface area contributed by atoms with Gasteiger partial charge in [-0.15, -0.1) is 0 Å².